The lowest BCUT2D eigenvalue weighted by Crippen LogP contribution is -2.38. The standard InChI is InChI=1S/C26H32N4O2/c1-5-7-17-24(32)29(6-2)18-23(31)27-26-25(21-14-9-8-10-15-21)20(4)28-30(26)22-16-12-11-13-19(22)3/h8-16H,5-7,17-18H2,1-4H3,(H,27,31). The van der Waals surface area contributed by atoms with Crippen molar-refractivity contribution in [3.63, 3.8) is 0 Å². The number of aryl methyl sites for hydroxylation is 2. The molecule has 2 aromatic carbocycles. The zero-order valence-electron chi connectivity index (χ0n) is 19.4. The number of benzene rings is 2. The number of hydrogen-bond acceptors (Lipinski definition) is 3. The van der Waals surface area contributed by atoms with Gasteiger partial charge in [-0.1, -0.05) is 61.9 Å². The highest BCUT2D eigenvalue weighted by atomic mass is 16.2. The Labute approximate surface area is 190 Å². The summed E-state index contributed by atoms with van der Waals surface area (Å²) in [6, 6.07) is 17.9. The lowest BCUT2D eigenvalue weighted by atomic mass is 10.1. The topological polar surface area (TPSA) is 67.2 Å². The van der Waals surface area contributed by atoms with Crippen LogP contribution in [0.5, 0.6) is 0 Å². The summed E-state index contributed by atoms with van der Waals surface area (Å²) < 4.78 is 1.79. The van der Waals surface area contributed by atoms with Crippen LogP contribution in [0.2, 0.25) is 0 Å². The molecule has 0 radical (unpaired) electrons. The van der Waals surface area contributed by atoms with Crippen LogP contribution in [0.25, 0.3) is 16.8 Å². The van der Waals surface area contributed by atoms with Gasteiger partial charge in [0, 0.05) is 18.5 Å². The van der Waals surface area contributed by atoms with Crippen molar-refractivity contribution in [3.8, 4) is 16.8 Å². The SMILES string of the molecule is CCCCC(=O)N(CC)CC(=O)Nc1c(-c2ccccc2)c(C)nn1-c1ccccc1C. The first-order valence-corrected chi connectivity index (χ1v) is 11.2. The minimum absolute atomic E-state index is 0.0105. The molecule has 0 aliphatic heterocycles. The second-order valence-electron chi connectivity index (χ2n) is 7.93. The third-order valence-corrected chi connectivity index (χ3v) is 5.54. The Kier molecular flexibility index (Phi) is 7.82. The first-order valence-electron chi connectivity index (χ1n) is 11.2. The smallest absolute Gasteiger partial charge is 0.245 e. The number of anilines is 1. The molecule has 0 atom stereocenters. The number of unbranched alkanes of at least 4 members (excludes halogenated alkanes) is 1. The van der Waals surface area contributed by atoms with Gasteiger partial charge in [0.2, 0.25) is 11.8 Å². The fraction of sp³-hybridized carbons (Fsp3) is 0.346. The van der Waals surface area contributed by atoms with Crippen molar-refractivity contribution in [2.24, 2.45) is 0 Å². The van der Waals surface area contributed by atoms with Crippen molar-refractivity contribution < 1.29 is 9.59 Å². The van der Waals surface area contributed by atoms with Crippen molar-refractivity contribution in [3.05, 3.63) is 65.9 Å². The molecule has 0 aliphatic carbocycles. The normalized spacial score (nSPS) is 10.8. The number of likely N-dealkylation sites (N-methyl/N-ethyl adjacent to an activating group) is 1. The molecule has 0 spiro atoms. The Morgan fingerprint density at radius 2 is 1.69 bits per heavy atom. The van der Waals surface area contributed by atoms with E-state index in [1.54, 1.807) is 9.58 Å². The Bertz CT molecular complexity index is 1070. The molecule has 0 aliphatic rings. The molecule has 168 valence electrons. The van der Waals surface area contributed by atoms with Crippen LogP contribution < -0.4 is 5.32 Å². The fourth-order valence-corrected chi connectivity index (χ4v) is 3.78. The first kappa shape index (κ1) is 23.3. The first-order chi connectivity index (χ1) is 15.5. The third kappa shape index (κ3) is 5.25. The second-order valence-corrected chi connectivity index (χ2v) is 7.93. The quantitative estimate of drug-likeness (QED) is 0.509. The summed E-state index contributed by atoms with van der Waals surface area (Å²) in [4.78, 5) is 27.2. The largest absolute Gasteiger partial charge is 0.334 e. The number of para-hydroxylation sites is 1. The molecular formula is C26H32N4O2. The third-order valence-electron chi connectivity index (χ3n) is 5.54. The van der Waals surface area contributed by atoms with E-state index in [1.165, 1.54) is 0 Å². The molecule has 1 heterocycles. The van der Waals surface area contributed by atoms with Crippen LogP contribution in [0, 0.1) is 13.8 Å². The molecule has 0 saturated carbocycles. The average Bonchev–Trinajstić information content (AvgIpc) is 3.11. The maximum atomic E-state index is 13.1. The van der Waals surface area contributed by atoms with E-state index < -0.39 is 0 Å². The van der Waals surface area contributed by atoms with E-state index in [2.05, 4.69) is 12.2 Å². The van der Waals surface area contributed by atoms with Crippen molar-refractivity contribution >= 4 is 17.6 Å². The van der Waals surface area contributed by atoms with Gasteiger partial charge in [-0.15, -0.1) is 0 Å². The molecule has 0 bridgehead atoms. The monoisotopic (exact) mass is 432 g/mol. The van der Waals surface area contributed by atoms with E-state index in [1.807, 2.05) is 75.4 Å². The van der Waals surface area contributed by atoms with Gasteiger partial charge in [0.15, 0.2) is 0 Å². The minimum Gasteiger partial charge on any atom is -0.334 e. The van der Waals surface area contributed by atoms with Gasteiger partial charge in [-0.05, 0) is 44.4 Å². The van der Waals surface area contributed by atoms with Crippen molar-refractivity contribution in [2.75, 3.05) is 18.4 Å². The van der Waals surface area contributed by atoms with Crippen molar-refractivity contribution in [2.45, 2.75) is 47.0 Å². The molecule has 0 fully saturated rings. The number of carbonyl (C=O) groups excluding carboxylic acids is 2. The molecule has 1 aromatic heterocycles. The van der Waals surface area contributed by atoms with Gasteiger partial charge in [-0.25, -0.2) is 4.68 Å². The summed E-state index contributed by atoms with van der Waals surface area (Å²) in [5.41, 5.74) is 4.63. The summed E-state index contributed by atoms with van der Waals surface area (Å²) in [6.45, 7) is 8.43. The number of nitrogens with one attached hydrogen (secondary N) is 1. The summed E-state index contributed by atoms with van der Waals surface area (Å²) in [7, 11) is 0. The average molecular weight is 433 g/mol. The van der Waals surface area contributed by atoms with E-state index in [-0.39, 0.29) is 18.4 Å². The molecule has 0 unspecified atom stereocenters. The van der Waals surface area contributed by atoms with Gasteiger partial charge in [0.05, 0.1) is 17.9 Å². The zero-order valence-corrected chi connectivity index (χ0v) is 19.4. The molecule has 1 N–H and O–H groups in total. The predicted molar refractivity (Wildman–Crippen MR) is 129 cm³/mol. The van der Waals surface area contributed by atoms with Gasteiger partial charge in [0.1, 0.15) is 5.82 Å². The number of rotatable bonds is 9. The summed E-state index contributed by atoms with van der Waals surface area (Å²) in [5, 5.41) is 7.84. The van der Waals surface area contributed by atoms with Crippen molar-refractivity contribution in [1.29, 1.82) is 0 Å². The number of hydrogen-bond donors (Lipinski definition) is 1. The predicted octanol–water partition coefficient (Wildman–Crippen LogP) is 5.13. The maximum absolute atomic E-state index is 13.1. The number of nitrogens with zero attached hydrogens (tertiary/aromatic N) is 3. The van der Waals surface area contributed by atoms with Crippen molar-refractivity contribution in [1.82, 2.24) is 14.7 Å². The fourth-order valence-electron chi connectivity index (χ4n) is 3.78. The molecule has 3 rings (SSSR count). The molecule has 3 aromatic rings. The van der Waals surface area contributed by atoms with E-state index >= 15 is 0 Å². The molecular weight excluding hydrogens is 400 g/mol. The summed E-state index contributed by atoms with van der Waals surface area (Å²) in [5.74, 6) is 0.394. The lowest BCUT2D eigenvalue weighted by molar-refractivity contribution is -0.134. The second kappa shape index (κ2) is 10.8. The van der Waals surface area contributed by atoms with Crippen LogP contribution in [0.4, 0.5) is 5.82 Å². The van der Waals surface area contributed by atoms with Crippen LogP contribution in [0.1, 0.15) is 44.4 Å². The molecule has 6 heteroatoms. The molecule has 0 saturated heterocycles. The number of aromatic nitrogens is 2. The van der Waals surface area contributed by atoms with Crippen LogP contribution in [0.15, 0.2) is 54.6 Å². The lowest BCUT2D eigenvalue weighted by Gasteiger charge is -2.21. The minimum atomic E-state index is -0.233. The van der Waals surface area contributed by atoms with Gasteiger partial charge in [-0.3, -0.25) is 9.59 Å². The number of amides is 2. The molecule has 6 nitrogen and oxygen atoms in total. The highest BCUT2D eigenvalue weighted by Gasteiger charge is 2.22. The summed E-state index contributed by atoms with van der Waals surface area (Å²) >= 11 is 0. The molecule has 2 amide bonds. The van der Waals surface area contributed by atoms with Crippen LogP contribution in [0.3, 0.4) is 0 Å². The van der Waals surface area contributed by atoms with Crippen LogP contribution in [-0.2, 0) is 9.59 Å². The summed E-state index contributed by atoms with van der Waals surface area (Å²) in [6.07, 6.45) is 2.24. The van der Waals surface area contributed by atoms with Gasteiger partial charge >= 0.3 is 0 Å². The van der Waals surface area contributed by atoms with Crippen LogP contribution in [-0.4, -0.2) is 39.6 Å². The molecule has 32 heavy (non-hydrogen) atoms. The maximum Gasteiger partial charge on any atom is 0.245 e. The Morgan fingerprint density at radius 3 is 2.34 bits per heavy atom. The highest BCUT2D eigenvalue weighted by Crippen LogP contribution is 2.34. The Morgan fingerprint density at radius 1 is 1.00 bits per heavy atom. The van der Waals surface area contributed by atoms with Gasteiger partial charge < -0.3 is 10.2 Å². The Balaban J connectivity index is 1.97. The van der Waals surface area contributed by atoms with E-state index in [9.17, 15) is 9.59 Å². The Hall–Kier alpha value is -3.41. The zero-order chi connectivity index (χ0) is 23.1. The van der Waals surface area contributed by atoms with E-state index in [0.717, 1.165) is 40.9 Å². The highest BCUT2D eigenvalue weighted by molar-refractivity contribution is 5.98. The number of carbonyl (C=O) groups is 2. The van der Waals surface area contributed by atoms with Crippen LogP contribution >= 0.6 is 0 Å². The van der Waals surface area contributed by atoms with Gasteiger partial charge in [-0.2, -0.15) is 5.10 Å². The van der Waals surface area contributed by atoms with Gasteiger partial charge in [0.25, 0.3) is 0 Å². The van der Waals surface area contributed by atoms with E-state index in [0.29, 0.717) is 18.8 Å². The van der Waals surface area contributed by atoms with E-state index in [4.69, 9.17) is 5.10 Å².